The quantitative estimate of drug-likeness (QED) is 0.612. The number of nitrogens with zero attached hydrogens (tertiary/aromatic N) is 4. The summed E-state index contributed by atoms with van der Waals surface area (Å²) < 4.78 is 7.86. The van der Waals surface area contributed by atoms with Gasteiger partial charge in [-0.1, -0.05) is 12.1 Å². The lowest BCUT2D eigenvalue weighted by Gasteiger charge is -2.32. The molecule has 0 amide bonds. The molecule has 0 fully saturated rings. The van der Waals surface area contributed by atoms with E-state index in [2.05, 4.69) is 54.5 Å². The minimum atomic E-state index is 0.109. The standard InChI is InChI=1S/C22H28N4O/c1-5-26-20-16(14-22(26,3)4)13-17(15-23-20)21-24-18-9-7-8-10-19(18)25(21)11-12-27-6-2/h7-10,13,15H,5-6,11-12,14H2,1-4H3. The van der Waals surface area contributed by atoms with E-state index in [0.29, 0.717) is 6.61 Å². The maximum Gasteiger partial charge on any atom is 0.142 e. The van der Waals surface area contributed by atoms with Crippen LogP contribution >= 0.6 is 0 Å². The number of hydrogen-bond acceptors (Lipinski definition) is 4. The molecule has 0 saturated heterocycles. The molecule has 0 radical (unpaired) electrons. The SMILES string of the molecule is CCOCCn1c(-c2cnc3c(c2)CC(C)(C)N3CC)nc2ccccc21. The Balaban J connectivity index is 1.78. The molecule has 0 aliphatic carbocycles. The summed E-state index contributed by atoms with van der Waals surface area (Å²) in [4.78, 5) is 12.1. The van der Waals surface area contributed by atoms with Crippen LogP contribution < -0.4 is 4.90 Å². The fourth-order valence-corrected chi connectivity index (χ4v) is 4.25. The second-order valence-corrected chi connectivity index (χ2v) is 7.71. The summed E-state index contributed by atoms with van der Waals surface area (Å²) in [5, 5.41) is 0. The fourth-order valence-electron chi connectivity index (χ4n) is 4.25. The van der Waals surface area contributed by atoms with Crippen molar-refractivity contribution in [1.82, 2.24) is 14.5 Å². The molecule has 1 aliphatic heterocycles. The molecule has 27 heavy (non-hydrogen) atoms. The predicted molar refractivity (Wildman–Crippen MR) is 110 cm³/mol. The number of benzene rings is 1. The summed E-state index contributed by atoms with van der Waals surface area (Å²) in [5.41, 5.74) is 4.65. The first kappa shape index (κ1) is 18.0. The summed E-state index contributed by atoms with van der Waals surface area (Å²) >= 11 is 0. The van der Waals surface area contributed by atoms with Crippen molar-refractivity contribution in [2.24, 2.45) is 0 Å². The maximum atomic E-state index is 5.61. The van der Waals surface area contributed by atoms with Crippen LogP contribution in [0.3, 0.4) is 0 Å². The molecule has 2 aromatic heterocycles. The highest BCUT2D eigenvalue weighted by Gasteiger charge is 2.36. The normalized spacial score (nSPS) is 15.5. The van der Waals surface area contributed by atoms with E-state index >= 15 is 0 Å². The minimum Gasteiger partial charge on any atom is -0.380 e. The molecule has 4 rings (SSSR count). The first-order valence-corrected chi connectivity index (χ1v) is 9.85. The first-order valence-electron chi connectivity index (χ1n) is 9.85. The molecule has 0 atom stereocenters. The van der Waals surface area contributed by atoms with Gasteiger partial charge < -0.3 is 14.2 Å². The number of para-hydroxylation sites is 2. The topological polar surface area (TPSA) is 43.2 Å². The van der Waals surface area contributed by atoms with Gasteiger partial charge in [-0.15, -0.1) is 0 Å². The van der Waals surface area contributed by atoms with Crippen LogP contribution in [0.15, 0.2) is 36.5 Å². The Morgan fingerprint density at radius 1 is 1.19 bits per heavy atom. The molecular formula is C22H28N4O. The van der Waals surface area contributed by atoms with Crippen molar-refractivity contribution in [3.05, 3.63) is 42.1 Å². The van der Waals surface area contributed by atoms with Crippen molar-refractivity contribution in [1.29, 1.82) is 0 Å². The molecule has 0 saturated carbocycles. The van der Waals surface area contributed by atoms with Crippen LogP contribution in [-0.2, 0) is 17.7 Å². The summed E-state index contributed by atoms with van der Waals surface area (Å²) in [7, 11) is 0. The highest BCUT2D eigenvalue weighted by atomic mass is 16.5. The molecule has 0 unspecified atom stereocenters. The van der Waals surface area contributed by atoms with E-state index in [1.54, 1.807) is 0 Å². The van der Waals surface area contributed by atoms with Gasteiger partial charge in [-0.05, 0) is 57.9 Å². The number of rotatable bonds is 6. The van der Waals surface area contributed by atoms with Crippen molar-refractivity contribution in [2.45, 2.75) is 46.2 Å². The van der Waals surface area contributed by atoms with Gasteiger partial charge in [0.2, 0.25) is 0 Å². The molecule has 1 aliphatic rings. The lowest BCUT2D eigenvalue weighted by atomic mass is 9.99. The number of fused-ring (bicyclic) bond motifs is 2. The van der Waals surface area contributed by atoms with Crippen LogP contribution in [0.25, 0.3) is 22.4 Å². The number of pyridine rings is 1. The van der Waals surface area contributed by atoms with Crippen LogP contribution in [0.1, 0.15) is 33.3 Å². The Morgan fingerprint density at radius 3 is 2.78 bits per heavy atom. The summed E-state index contributed by atoms with van der Waals surface area (Å²) in [5.74, 6) is 2.09. The van der Waals surface area contributed by atoms with Gasteiger partial charge in [-0.25, -0.2) is 9.97 Å². The van der Waals surface area contributed by atoms with Gasteiger partial charge in [0.1, 0.15) is 11.6 Å². The Bertz CT molecular complexity index is 960. The number of imidazole rings is 1. The van der Waals surface area contributed by atoms with Gasteiger partial charge in [-0.2, -0.15) is 0 Å². The third-order valence-electron chi connectivity index (χ3n) is 5.44. The number of likely N-dealkylation sites (N-methyl/N-ethyl adjacent to an activating group) is 1. The van der Waals surface area contributed by atoms with Crippen molar-refractivity contribution in [2.75, 3.05) is 24.7 Å². The van der Waals surface area contributed by atoms with E-state index in [1.807, 2.05) is 19.2 Å². The molecular weight excluding hydrogens is 336 g/mol. The van der Waals surface area contributed by atoms with E-state index in [1.165, 1.54) is 5.56 Å². The predicted octanol–water partition coefficient (Wildman–Crippen LogP) is 4.30. The second kappa shape index (κ2) is 6.97. The summed E-state index contributed by atoms with van der Waals surface area (Å²) in [6.45, 7) is 12.0. The van der Waals surface area contributed by atoms with E-state index in [9.17, 15) is 0 Å². The van der Waals surface area contributed by atoms with Crippen molar-refractivity contribution in [3.8, 4) is 11.4 Å². The van der Waals surface area contributed by atoms with Gasteiger partial charge in [0.05, 0.1) is 17.6 Å². The zero-order valence-electron chi connectivity index (χ0n) is 16.7. The number of aromatic nitrogens is 3. The number of ether oxygens (including phenoxy) is 1. The van der Waals surface area contributed by atoms with Crippen LogP contribution in [0.4, 0.5) is 5.82 Å². The largest absolute Gasteiger partial charge is 0.380 e. The molecule has 1 aromatic carbocycles. The van der Waals surface area contributed by atoms with Gasteiger partial charge in [-0.3, -0.25) is 0 Å². The Kier molecular flexibility index (Phi) is 4.64. The zero-order valence-corrected chi connectivity index (χ0v) is 16.7. The van der Waals surface area contributed by atoms with Crippen LogP contribution in [0.5, 0.6) is 0 Å². The van der Waals surface area contributed by atoms with E-state index in [4.69, 9.17) is 14.7 Å². The Morgan fingerprint density at radius 2 is 2.00 bits per heavy atom. The molecule has 0 N–H and O–H groups in total. The van der Waals surface area contributed by atoms with Gasteiger partial charge in [0, 0.05) is 37.0 Å². The zero-order chi connectivity index (χ0) is 19.0. The molecule has 142 valence electrons. The van der Waals surface area contributed by atoms with Crippen molar-refractivity contribution < 1.29 is 4.74 Å². The first-order chi connectivity index (χ1) is 13.0. The van der Waals surface area contributed by atoms with Crippen LogP contribution in [0.2, 0.25) is 0 Å². The van der Waals surface area contributed by atoms with Gasteiger partial charge >= 0.3 is 0 Å². The Labute approximate surface area is 161 Å². The fraction of sp³-hybridized carbons (Fsp3) is 0.455. The average molecular weight is 364 g/mol. The minimum absolute atomic E-state index is 0.109. The molecule has 0 spiro atoms. The van der Waals surface area contributed by atoms with Crippen LogP contribution in [0, 0.1) is 0 Å². The Hall–Kier alpha value is -2.40. The third kappa shape index (κ3) is 3.10. The number of anilines is 1. The summed E-state index contributed by atoms with van der Waals surface area (Å²) in [6, 6.07) is 10.6. The molecule has 3 heterocycles. The smallest absolute Gasteiger partial charge is 0.142 e. The van der Waals surface area contributed by atoms with Gasteiger partial charge in [0.25, 0.3) is 0 Å². The molecule has 3 aromatic rings. The van der Waals surface area contributed by atoms with Crippen LogP contribution in [-0.4, -0.2) is 39.8 Å². The monoisotopic (exact) mass is 364 g/mol. The second-order valence-electron chi connectivity index (χ2n) is 7.71. The molecule has 5 nitrogen and oxygen atoms in total. The number of hydrogen-bond donors (Lipinski definition) is 0. The molecule has 0 bridgehead atoms. The van der Waals surface area contributed by atoms with Gasteiger partial charge in [0.15, 0.2) is 0 Å². The summed E-state index contributed by atoms with van der Waals surface area (Å²) in [6.07, 6.45) is 2.98. The molecule has 5 heteroatoms. The highest BCUT2D eigenvalue weighted by molar-refractivity contribution is 5.81. The maximum absolute atomic E-state index is 5.61. The third-order valence-corrected chi connectivity index (χ3v) is 5.44. The van der Waals surface area contributed by atoms with E-state index in [0.717, 1.165) is 54.4 Å². The lowest BCUT2D eigenvalue weighted by Crippen LogP contribution is -2.41. The van der Waals surface area contributed by atoms with Crippen molar-refractivity contribution >= 4 is 16.9 Å². The van der Waals surface area contributed by atoms with E-state index < -0.39 is 0 Å². The average Bonchev–Trinajstić information content (AvgIpc) is 3.14. The van der Waals surface area contributed by atoms with Crippen molar-refractivity contribution in [3.63, 3.8) is 0 Å². The lowest BCUT2D eigenvalue weighted by molar-refractivity contribution is 0.140. The highest BCUT2D eigenvalue weighted by Crippen LogP contribution is 2.38. The van der Waals surface area contributed by atoms with E-state index in [-0.39, 0.29) is 5.54 Å².